The van der Waals surface area contributed by atoms with Crippen LogP contribution in [0.5, 0.6) is 0 Å². The highest BCUT2D eigenvalue weighted by molar-refractivity contribution is 9.09. The number of alkyl halides is 2. The van der Waals surface area contributed by atoms with Gasteiger partial charge in [0.05, 0.1) is 12.0 Å². The molecule has 2 atom stereocenters. The number of ketones is 1. The Balaban J connectivity index is 1.90. The van der Waals surface area contributed by atoms with Gasteiger partial charge in [0.2, 0.25) is 0 Å². The van der Waals surface area contributed by atoms with Crippen LogP contribution in [-0.2, 0) is 16.1 Å². The van der Waals surface area contributed by atoms with Gasteiger partial charge in [0, 0.05) is 24.9 Å². The molecule has 0 aromatic heterocycles. The molecule has 1 heterocycles. The number of benzene rings is 1. The third-order valence-electron chi connectivity index (χ3n) is 3.65. The maximum Gasteiger partial charge on any atom is 0.410 e. The smallest absolute Gasteiger partial charge is 0.410 e. The van der Waals surface area contributed by atoms with Crippen LogP contribution in [0.4, 0.5) is 9.18 Å². The van der Waals surface area contributed by atoms with Gasteiger partial charge in [-0.25, -0.2) is 4.79 Å². The lowest BCUT2D eigenvalue weighted by Crippen LogP contribution is -2.30. The van der Waals surface area contributed by atoms with Crippen molar-refractivity contribution in [2.24, 2.45) is 11.8 Å². The summed E-state index contributed by atoms with van der Waals surface area (Å²) in [4.78, 5) is 25.1. The molecule has 0 bridgehead atoms. The van der Waals surface area contributed by atoms with Gasteiger partial charge in [-0.1, -0.05) is 46.3 Å². The van der Waals surface area contributed by atoms with Crippen LogP contribution in [0.1, 0.15) is 5.56 Å². The fourth-order valence-electron chi connectivity index (χ4n) is 2.45. The summed E-state index contributed by atoms with van der Waals surface area (Å²) in [6.45, 7) is 0.0273. The van der Waals surface area contributed by atoms with Gasteiger partial charge in [-0.15, -0.1) is 0 Å². The molecule has 1 fully saturated rings. The van der Waals surface area contributed by atoms with Gasteiger partial charge in [0.25, 0.3) is 0 Å². The summed E-state index contributed by atoms with van der Waals surface area (Å²) in [5.74, 6) is -0.950. The first kappa shape index (κ1) is 15.9. The Morgan fingerprint density at radius 2 is 2.00 bits per heavy atom. The SMILES string of the molecule is O=C(CBr)[C@H]1CN(C(=O)OCc2ccccc2)C[C@H]1CF. The maximum absolute atomic E-state index is 13.0. The minimum atomic E-state index is -0.605. The Kier molecular flexibility index (Phi) is 5.73. The highest BCUT2D eigenvalue weighted by Gasteiger charge is 2.39. The molecular formula is C15H17BrFNO3. The molecule has 6 heteroatoms. The van der Waals surface area contributed by atoms with Gasteiger partial charge < -0.3 is 9.64 Å². The Morgan fingerprint density at radius 1 is 1.29 bits per heavy atom. The van der Waals surface area contributed by atoms with Crippen LogP contribution in [0, 0.1) is 11.8 Å². The van der Waals surface area contributed by atoms with E-state index in [0.29, 0.717) is 0 Å². The largest absolute Gasteiger partial charge is 0.445 e. The molecule has 1 amide bonds. The summed E-state index contributed by atoms with van der Waals surface area (Å²) in [6, 6.07) is 9.33. The number of likely N-dealkylation sites (tertiary alicyclic amines) is 1. The molecule has 21 heavy (non-hydrogen) atoms. The molecule has 0 radical (unpaired) electrons. The Labute approximate surface area is 131 Å². The average Bonchev–Trinajstić information content (AvgIpc) is 2.97. The van der Waals surface area contributed by atoms with Crippen molar-refractivity contribution in [1.29, 1.82) is 0 Å². The second-order valence-corrected chi connectivity index (χ2v) is 5.63. The zero-order valence-electron chi connectivity index (χ0n) is 11.5. The van der Waals surface area contributed by atoms with E-state index in [1.54, 1.807) is 0 Å². The van der Waals surface area contributed by atoms with Crippen LogP contribution in [0.2, 0.25) is 0 Å². The van der Waals surface area contributed by atoms with Crippen molar-refractivity contribution in [2.75, 3.05) is 25.1 Å². The van der Waals surface area contributed by atoms with Crippen molar-refractivity contribution in [3.05, 3.63) is 35.9 Å². The summed E-state index contributed by atoms with van der Waals surface area (Å²) in [7, 11) is 0. The van der Waals surface area contributed by atoms with Gasteiger partial charge in [-0.2, -0.15) is 0 Å². The van der Waals surface area contributed by atoms with Gasteiger partial charge >= 0.3 is 6.09 Å². The standard InChI is InChI=1S/C15H17BrFNO3/c16-6-14(19)13-9-18(8-12(13)7-17)15(20)21-10-11-4-2-1-3-5-11/h1-5,12-13H,6-10H2/t12-,13+/m1/s1. The minimum Gasteiger partial charge on any atom is -0.445 e. The Hall–Kier alpha value is -1.43. The predicted molar refractivity (Wildman–Crippen MR) is 80.0 cm³/mol. The topological polar surface area (TPSA) is 46.6 Å². The van der Waals surface area contributed by atoms with E-state index < -0.39 is 24.6 Å². The molecular weight excluding hydrogens is 341 g/mol. The zero-order valence-corrected chi connectivity index (χ0v) is 13.1. The maximum atomic E-state index is 13.0. The summed E-state index contributed by atoms with van der Waals surface area (Å²) >= 11 is 3.09. The van der Waals surface area contributed by atoms with E-state index in [1.807, 2.05) is 30.3 Å². The quantitative estimate of drug-likeness (QED) is 0.761. The molecule has 0 spiro atoms. The van der Waals surface area contributed by atoms with Gasteiger partial charge in [0.15, 0.2) is 0 Å². The molecule has 4 nitrogen and oxygen atoms in total. The van der Waals surface area contributed by atoms with E-state index >= 15 is 0 Å². The zero-order chi connectivity index (χ0) is 15.2. The molecule has 0 unspecified atom stereocenters. The first-order valence-corrected chi connectivity index (χ1v) is 7.88. The molecule has 1 aromatic carbocycles. The molecule has 114 valence electrons. The number of hydrogen-bond donors (Lipinski definition) is 0. The molecule has 1 saturated heterocycles. The van der Waals surface area contributed by atoms with E-state index in [0.717, 1.165) is 5.56 Å². The number of rotatable bonds is 5. The number of carbonyl (C=O) groups is 2. The molecule has 0 aliphatic carbocycles. The van der Waals surface area contributed by atoms with Crippen LogP contribution in [0.3, 0.4) is 0 Å². The van der Waals surface area contributed by atoms with Crippen molar-refractivity contribution >= 4 is 27.8 Å². The summed E-state index contributed by atoms with van der Waals surface area (Å²) in [5, 5.41) is 0.182. The first-order valence-electron chi connectivity index (χ1n) is 6.76. The van der Waals surface area contributed by atoms with Crippen LogP contribution >= 0.6 is 15.9 Å². The summed E-state index contributed by atoms with van der Waals surface area (Å²) < 4.78 is 18.2. The second-order valence-electron chi connectivity index (χ2n) is 5.07. The predicted octanol–water partition coefficient (Wildman–Crippen LogP) is 2.80. The number of hydrogen-bond acceptors (Lipinski definition) is 3. The van der Waals surface area contributed by atoms with Gasteiger partial charge in [-0.3, -0.25) is 9.18 Å². The first-order chi connectivity index (χ1) is 10.2. The number of amides is 1. The summed E-state index contributed by atoms with van der Waals surface area (Å²) in [5.41, 5.74) is 0.889. The van der Waals surface area contributed by atoms with Crippen LogP contribution < -0.4 is 0 Å². The van der Waals surface area contributed by atoms with Gasteiger partial charge in [0.1, 0.15) is 12.4 Å². The molecule has 1 aliphatic heterocycles. The van der Waals surface area contributed by atoms with Crippen molar-refractivity contribution in [2.45, 2.75) is 6.61 Å². The van der Waals surface area contributed by atoms with Crippen molar-refractivity contribution in [3.8, 4) is 0 Å². The van der Waals surface area contributed by atoms with E-state index in [9.17, 15) is 14.0 Å². The average molecular weight is 358 g/mol. The monoisotopic (exact) mass is 357 g/mol. The third kappa shape index (κ3) is 4.03. The molecule has 0 N–H and O–H groups in total. The molecule has 1 aliphatic rings. The lowest BCUT2D eigenvalue weighted by Gasteiger charge is -2.16. The van der Waals surface area contributed by atoms with Crippen molar-refractivity contribution < 1.29 is 18.7 Å². The minimum absolute atomic E-state index is 0.0731. The van der Waals surface area contributed by atoms with Crippen LogP contribution in [0.25, 0.3) is 0 Å². The number of halogens is 2. The lowest BCUT2D eigenvalue weighted by atomic mass is 9.94. The van der Waals surface area contributed by atoms with E-state index in [2.05, 4.69) is 15.9 Å². The molecule has 0 saturated carbocycles. The fourth-order valence-corrected chi connectivity index (χ4v) is 2.87. The van der Waals surface area contributed by atoms with E-state index in [4.69, 9.17) is 4.74 Å². The lowest BCUT2D eigenvalue weighted by molar-refractivity contribution is -0.121. The fraction of sp³-hybridized carbons (Fsp3) is 0.467. The Morgan fingerprint density at radius 3 is 2.62 bits per heavy atom. The number of nitrogens with zero attached hydrogens (tertiary/aromatic N) is 1. The van der Waals surface area contributed by atoms with Crippen molar-refractivity contribution in [1.82, 2.24) is 4.90 Å². The number of carbonyl (C=O) groups excluding carboxylic acids is 2. The van der Waals surface area contributed by atoms with Crippen LogP contribution in [-0.4, -0.2) is 41.9 Å². The van der Waals surface area contributed by atoms with Crippen molar-refractivity contribution in [3.63, 3.8) is 0 Å². The third-order valence-corrected chi connectivity index (χ3v) is 4.20. The highest BCUT2D eigenvalue weighted by atomic mass is 79.9. The van der Waals surface area contributed by atoms with Gasteiger partial charge in [-0.05, 0) is 5.56 Å². The Bertz CT molecular complexity index is 497. The summed E-state index contributed by atoms with van der Waals surface area (Å²) in [6.07, 6.45) is -0.498. The molecule has 1 aromatic rings. The highest BCUT2D eigenvalue weighted by Crippen LogP contribution is 2.26. The number of ether oxygens (including phenoxy) is 1. The van der Waals surface area contributed by atoms with Crippen LogP contribution in [0.15, 0.2) is 30.3 Å². The molecule has 2 rings (SSSR count). The van der Waals surface area contributed by atoms with E-state index in [1.165, 1.54) is 4.90 Å². The number of Topliss-reactive ketones (excluding diaryl/α,β-unsaturated/α-hetero) is 1. The normalized spacial score (nSPS) is 21.3. The van der Waals surface area contributed by atoms with E-state index in [-0.39, 0.29) is 30.8 Å². The second kappa shape index (κ2) is 7.54.